The Morgan fingerprint density at radius 2 is 1.91 bits per heavy atom. The highest BCUT2D eigenvalue weighted by molar-refractivity contribution is 7.71. The lowest BCUT2D eigenvalue weighted by Gasteiger charge is -2.15. The van der Waals surface area contributed by atoms with Crippen molar-refractivity contribution in [2.75, 3.05) is 18.1 Å². The number of hydrogen-bond acceptors (Lipinski definition) is 4. The number of hydrogen-bond donors (Lipinski definition) is 1. The van der Waals surface area contributed by atoms with Gasteiger partial charge in [0, 0.05) is 23.5 Å². The molecule has 2 N–H and O–H groups in total. The first-order valence-electron chi connectivity index (χ1n) is 7.22. The molecule has 0 radical (unpaired) electrons. The minimum Gasteiger partial charge on any atom is -0.462 e. The predicted octanol–water partition coefficient (Wildman–Crippen LogP) is 4.24. The molecule has 0 amide bonds. The summed E-state index contributed by atoms with van der Waals surface area (Å²) >= 11 is 0. The zero-order valence-electron chi connectivity index (χ0n) is 13.0. The van der Waals surface area contributed by atoms with Crippen LogP contribution in [0, 0.1) is 0 Å². The lowest BCUT2D eigenvalue weighted by Crippen LogP contribution is -2.10. The Hall–Kier alpha value is -2.06. The summed E-state index contributed by atoms with van der Waals surface area (Å²) in [6, 6.07) is 3.63. The van der Waals surface area contributed by atoms with Gasteiger partial charge in [-0.2, -0.15) is 0 Å². The highest BCUT2D eigenvalue weighted by Crippen LogP contribution is 2.46. The van der Waals surface area contributed by atoms with Crippen LogP contribution in [0.4, 0.5) is 5.82 Å². The molecule has 5 heteroatoms. The first kappa shape index (κ1) is 16.3. The first-order chi connectivity index (χ1) is 10.5. The summed E-state index contributed by atoms with van der Waals surface area (Å²) in [6.07, 6.45) is 6.04. The van der Waals surface area contributed by atoms with Gasteiger partial charge in [-0.3, -0.25) is 0 Å². The number of furan rings is 1. The van der Waals surface area contributed by atoms with Crippen molar-refractivity contribution in [1.82, 2.24) is 4.98 Å². The van der Waals surface area contributed by atoms with E-state index < -0.39 is 7.14 Å². The average Bonchev–Trinajstić information content (AvgIpc) is 3.03. The van der Waals surface area contributed by atoms with Gasteiger partial charge in [-0.25, -0.2) is 4.98 Å². The fraction of sp³-hybridized carbons (Fsp3) is 0.235. The van der Waals surface area contributed by atoms with E-state index in [-0.39, 0.29) is 0 Å². The van der Waals surface area contributed by atoms with Gasteiger partial charge in [0.25, 0.3) is 0 Å². The van der Waals surface area contributed by atoms with Gasteiger partial charge < -0.3 is 14.7 Å². The lowest BCUT2D eigenvalue weighted by atomic mass is 10.1. The van der Waals surface area contributed by atoms with Crippen LogP contribution in [-0.4, -0.2) is 17.3 Å². The summed E-state index contributed by atoms with van der Waals surface area (Å²) in [4.78, 5) is 4.42. The molecule has 0 spiro atoms. The summed E-state index contributed by atoms with van der Waals surface area (Å²) in [7, 11) is -2.48. The molecule has 0 fully saturated rings. The Labute approximate surface area is 131 Å². The largest absolute Gasteiger partial charge is 0.462 e. The van der Waals surface area contributed by atoms with Crippen LogP contribution in [0.3, 0.4) is 0 Å². The lowest BCUT2D eigenvalue weighted by molar-refractivity contribution is 0.576. The summed E-state index contributed by atoms with van der Waals surface area (Å²) in [5.74, 6) is 0.880. The number of nitrogens with two attached hydrogens (primary N) is 1. The minimum atomic E-state index is -2.48. The Morgan fingerprint density at radius 1 is 1.27 bits per heavy atom. The molecule has 0 atom stereocenters. The SMILES string of the molecule is C=Cc1cc(C=C)c(-c2occc2P(=O)(CC)CC)nc1N. The second-order valence-electron chi connectivity index (χ2n) is 4.97. The maximum Gasteiger partial charge on any atom is 0.163 e. The third kappa shape index (κ3) is 2.67. The van der Waals surface area contributed by atoms with Gasteiger partial charge in [0.15, 0.2) is 5.76 Å². The number of nitrogen functional groups attached to an aromatic ring is 1. The number of pyridine rings is 1. The second-order valence-corrected chi connectivity index (χ2v) is 8.49. The van der Waals surface area contributed by atoms with E-state index >= 15 is 0 Å². The van der Waals surface area contributed by atoms with Gasteiger partial charge >= 0.3 is 0 Å². The van der Waals surface area contributed by atoms with Crippen LogP contribution in [0.5, 0.6) is 0 Å². The monoisotopic (exact) mass is 316 g/mol. The maximum atomic E-state index is 13.1. The number of rotatable bonds is 6. The fourth-order valence-electron chi connectivity index (χ4n) is 2.43. The number of anilines is 1. The molecule has 0 aromatic carbocycles. The Morgan fingerprint density at radius 3 is 2.45 bits per heavy atom. The molecule has 0 unspecified atom stereocenters. The fourth-order valence-corrected chi connectivity index (χ4v) is 4.42. The highest BCUT2D eigenvalue weighted by Gasteiger charge is 2.28. The van der Waals surface area contributed by atoms with E-state index in [1.165, 1.54) is 0 Å². The zero-order valence-corrected chi connectivity index (χ0v) is 13.9. The quantitative estimate of drug-likeness (QED) is 0.809. The van der Waals surface area contributed by atoms with Crippen molar-refractivity contribution in [1.29, 1.82) is 0 Å². The molecule has 4 nitrogen and oxygen atoms in total. The Kier molecular flexibility index (Phi) is 4.72. The van der Waals surface area contributed by atoms with Crippen molar-refractivity contribution in [2.24, 2.45) is 0 Å². The predicted molar refractivity (Wildman–Crippen MR) is 94.9 cm³/mol. The summed E-state index contributed by atoms with van der Waals surface area (Å²) in [5, 5.41) is 0.721. The normalized spacial score (nSPS) is 11.4. The molecule has 0 saturated heterocycles. The molecule has 0 aliphatic carbocycles. The van der Waals surface area contributed by atoms with E-state index in [0.29, 0.717) is 29.6 Å². The number of nitrogens with zero attached hydrogens (tertiary/aromatic N) is 1. The molecule has 2 aromatic rings. The van der Waals surface area contributed by atoms with Crippen molar-refractivity contribution in [3.05, 3.63) is 42.7 Å². The summed E-state index contributed by atoms with van der Waals surface area (Å²) in [6.45, 7) is 11.4. The first-order valence-corrected chi connectivity index (χ1v) is 9.30. The van der Waals surface area contributed by atoms with E-state index in [1.807, 2.05) is 19.9 Å². The third-order valence-corrected chi connectivity index (χ3v) is 7.15. The Balaban J connectivity index is 2.71. The smallest absolute Gasteiger partial charge is 0.163 e. The molecular formula is C17H21N2O2P. The standard InChI is InChI=1S/C17H21N2O2P/c1-5-12-11-13(6-2)17(18)19-15(12)16-14(9-10-21-16)22(20,7-3)8-4/h5-6,9-11H,1-2,7-8H2,3-4H3,(H2,18,19). The molecule has 116 valence electrons. The minimum absolute atomic E-state index is 0.362. The van der Waals surface area contributed by atoms with Crippen LogP contribution >= 0.6 is 7.14 Å². The molecule has 2 rings (SSSR count). The topological polar surface area (TPSA) is 69.1 Å². The van der Waals surface area contributed by atoms with E-state index in [1.54, 1.807) is 24.5 Å². The van der Waals surface area contributed by atoms with Crippen LogP contribution in [0.2, 0.25) is 0 Å². The molecule has 0 aliphatic heterocycles. The van der Waals surface area contributed by atoms with Gasteiger partial charge in [-0.1, -0.05) is 39.2 Å². The van der Waals surface area contributed by atoms with Gasteiger partial charge in [0.2, 0.25) is 0 Å². The molecule has 2 heterocycles. The molecule has 0 bridgehead atoms. The summed E-state index contributed by atoms with van der Waals surface area (Å²) < 4.78 is 18.7. The van der Waals surface area contributed by atoms with Crippen LogP contribution in [0.15, 0.2) is 36.0 Å². The molecule has 2 aromatic heterocycles. The van der Waals surface area contributed by atoms with E-state index in [0.717, 1.165) is 16.4 Å². The van der Waals surface area contributed by atoms with Crippen LogP contribution in [0.1, 0.15) is 25.0 Å². The van der Waals surface area contributed by atoms with Crippen molar-refractivity contribution in [2.45, 2.75) is 13.8 Å². The van der Waals surface area contributed by atoms with Crippen molar-refractivity contribution in [3.8, 4) is 11.5 Å². The third-order valence-electron chi connectivity index (χ3n) is 3.87. The molecule has 0 aliphatic rings. The van der Waals surface area contributed by atoms with Gasteiger partial charge in [-0.15, -0.1) is 0 Å². The highest BCUT2D eigenvalue weighted by atomic mass is 31.2. The zero-order chi connectivity index (χ0) is 16.3. The van der Waals surface area contributed by atoms with Crippen LogP contribution < -0.4 is 11.0 Å². The van der Waals surface area contributed by atoms with Gasteiger partial charge in [0.05, 0.1) is 11.6 Å². The molecule has 0 saturated carbocycles. The van der Waals surface area contributed by atoms with Crippen molar-refractivity contribution in [3.63, 3.8) is 0 Å². The van der Waals surface area contributed by atoms with Gasteiger partial charge in [-0.05, 0) is 12.1 Å². The van der Waals surface area contributed by atoms with Gasteiger partial charge in [0.1, 0.15) is 18.7 Å². The van der Waals surface area contributed by atoms with Crippen molar-refractivity contribution < 1.29 is 8.98 Å². The maximum absolute atomic E-state index is 13.1. The molecular weight excluding hydrogens is 295 g/mol. The van der Waals surface area contributed by atoms with E-state index in [4.69, 9.17) is 10.2 Å². The average molecular weight is 316 g/mol. The van der Waals surface area contributed by atoms with E-state index in [9.17, 15) is 4.57 Å². The van der Waals surface area contributed by atoms with Crippen molar-refractivity contribution >= 4 is 30.4 Å². The van der Waals surface area contributed by atoms with Crippen LogP contribution in [0.25, 0.3) is 23.6 Å². The summed E-state index contributed by atoms with van der Waals surface area (Å²) in [5.41, 5.74) is 8.04. The van der Waals surface area contributed by atoms with E-state index in [2.05, 4.69) is 18.1 Å². The Bertz CT molecular complexity index is 754. The molecule has 22 heavy (non-hydrogen) atoms. The number of aromatic nitrogens is 1. The van der Waals surface area contributed by atoms with Crippen LogP contribution in [-0.2, 0) is 4.57 Å². The second kappa shape index (κ2) is 6.37.